The van der Waals surface area contributed by atoms with E-state index in [1.165, 1.54) is 11.8 Å². The van der Waals surface area contributed by atoms with Crippen molar-refractivity contribution < 1.29 is 17.6 Å². The third kappa shape index (κ3) is 2.26. The van der Waals surface area contributed by atoms with E-state index in [-0.39, 0.29) is 0 Å². The standard InChI is InChI=1S/C19H8F4N2S/c20-15-10(9-24)16(21)18(23)19(17(15)22)25-11-5-1-3-7-13(11)26-14-8-4-2-6-12(14)25/h1-8H. The van der Waals surface area contributed by atoms with E-state index in [0.717, 1.165) is 11.0 Å². The largest absolute Gasteiger partial charge is 0.303 e. The number of benzene rings is 3. The highest BCUT2D eigenvalue weighted by Gasteiger charge is 2.33. The van der Waals surface area contributed by atoms with Gasteiger partial charge in [0.25, 0.3) is 0 Å². The lowest BCUT2D eigenvalue weighted by Gasteiger charge is -2.33. The Labute approximate surface area is 150 Å². The molecule has 0 saturated carbocycles. The molecule has 1 aliphatic rings. The molecule has 0 unspecified atom stereocenters. The fourth-order valence-electron chi connectivity index (χ4n) is 2.86. The van der Waals surface area contributed by atoms with Crippen LogP contribution < -0.4 is 4.90 Å². The van der Waals surface area contributed by atoms with Gasteiger partial charge < -0.3 is 4.90 Å². The lowest BCUT2D eigenvalue weighted by atomic mass is 10.1. The summed E-state index contributed by atoms with van der Waals surface area (Å²) in [7, 11) is 0. The van der Waals surface area contributed by atoms with Crippen molar-refractivity contribution in [1.82, 2.24) is 0 Å². The number of anilines is 3. The average Bonchev–Trinajstić information content (AvgIpc) is 2.66. The maximum Gasteiger partial charge on any atom is 0.187 e. The zero-order valence-electron chi connectivity index (χ0n) is 12.9. The Bertz CT molecular complexity index is 1020. The van der Waals surface area contributed by atoms with Gasteiger partial charge in [-0.3, -0.25) is 0 Å². The highest BCUT2D eigenvalue weighted by molar-refractivity contribution is 7.99. The Hall–Kier alpha value is -2.98. The first kappa shape index (κ1) is 16.5. The smallest absolute Gasteiger partial charge is 0.187 e. The molecule has 0 bridgehead atoms. The van der Waals surface area contributed by atoms with Crippen LogP contribution in [0.3, 0.4) is 0 Å². The van der Waals surface area contributed by atoms with Crippen LogP contribution in [0.5, 0.6) is 0 Å². The second-order valence-electron chi connectivity index (χ2n) is 5.46. The van der Waals surface area contributed by atoms with Crippen molar-refractivity contribution in [3.8, 4) is 6.07 Å². The van der Waals surface area contributed by atoms with Crippen molar-refractivity contribution in [3.05, 3.63) is 77.4 Å². The summed E-state index contributed by atoms with van der Waals surface area (Å²) in [5, 5.41) is 8.78. The molecule has 2 nitrogen and oxygen atoms in total. The molecule has 0 aromatic heterocycles. The molecule has 0 fully saturated rings. The molecular formula is C19H8F4N2S. The quantitative estimate of drug-likeness (QED) is 0.301. The van der Waals surface area contributed by atoms with Crippen LogP contribution in [0.15, 0.2) is 58.3 Å². The molecule has 0 spiro atoms. The van der Waals surface area contributed by atoms with Crippen LogP contribution in [0.4, 0.5) is 34.6 Å². The summed E-state index contributed by atoms with van der Waals surface area (Å²) in [6.45, 7) is 0. The summed E-state index contributed by atoms with van der Waals surface area (Å²) in [4.78, 5) is 2.49. The number of halogens is 4. The molecule has 0 saturated heterocycles. The number of hydrogen-bond donors (Lipinski definition) is 0. The van der Waals surface area contributed by atoms with E-state index < -0.39 is 34.5 Å². The van der Waals surface area contributed by atoms with Crippen LogP contribution in [0.1, 0.15) is 5.56 Å². The van der Waals surface area contributed by atoms with E-state index in [9.17, 15) is 17.6 Å². The Morgan fingerprint density at radius 2 is 1.19 bits per heavy atom. The average molecular weight is 372 g/mol. The summed E-state index contributed by atoms with van der Waals surface area (Å²) in [5.74, 6) is -6.65. The first-order chi connectivity index (χ1) is 12.5. The highest BCUT2D eigenvalue weighted by atomic mass is 32.2. The number of hydrogen-bond acceptors (Lipinski definition) is 3. The maximum absolute atomic E-state index is 14.7. The summed E-state index contributed by atoms with van der Waals surface area (Å²) in [6, 6.07) is 14.7. The van der Waals surface area contributed by atoms with Gasteiger partial charge in [-0.05, 0) is 24.3 Å². The number of para-hydroxylation sites is 2. The van der Waals surface area contributed by atoms with E-state index >= 15 is 0 Å². The Morgan fingerprint density at radius 1 is 0.731 bits per heavy atom. The monoisotopic (exact) mass is 372 g/mol. The minimum Gasteiger partial charge on any atom is -0.303 e. The van der Waals surface area contributed by atoms with Crippen LogP contribution >= 0.6 is 11.8 Å². The van der Waals surface area contributed by atoms with Crippen LogP contribution in [-0.2, 0) is 0 Å². The van der Waals surface area contributed by atoms with E-state index in [1.54, 1.807) is 48.5 Å². The van der Waals surface area contributed by atoms with E-state index in [2.05, 4.69) is 0 Å². The zero-order valence-corrected chi connectivity index (χ0v) is 13.7. The number of nitriles is 1. The fourth-order valence-corrected chi connectivity index (χ4v) is 3.92. The Kier molecular flexibility index (Phi) is 3.85. The Balaban J connectivity index is 2.08. The minimum absolute atomic E-state index is 0.387. The highest BCUT2D eigenvalue weighted by Crippen LogP contribution is 2.52. The van der Waals surface area contributed by atoms with Gasteiger partial charge in [-0.15, -0.1) is 0 Å². The van der Waals surface area contributed by atoms with Gasteiger partial charge in [0.15, 0.2) is 23.3 Å². The van der Waals surface area contributed by atoms with Crippen molar-refractivity contribution in [3.63, 3.8) is 0 Å². The second kappa shape index (κ2) is 6.07. The molecule has 0 atom stereocenters. The van der Waals surface area contributed by atoms with Crippen molar-refractivity contribution in [2.75, 3.05) is 4.90 Å². The molecule has 1 heterocycles. The molecule has 1 aliphatic heterocycles. The number of fused-ring (bicyclic) bond motifs is 2. The van der Waals surface area contributed by atoms with Gasteiger partial charge in [-0.1, -0.05) is 36.0 Å². The van der Waals surface area contributed by atoms with Crippen molar-refractivity contribution in [2.24, 2.45) is 0 Å². The van der Waals surface area contributed by atoms with Gasteiger partial charge in [-0.2, -0.15) is 5.26 Å². The molecule has 0 N–H and O–H groups in total. The lowest BCUT2D eigenvalue weighted by molar-refractivity contribution is 0.453. The summed E-state index contributed by atoms with van der Waals surface area (Å²) in [5.41, 5.74) is -1.40. The third-order valence-electron chi connectivity index (χ3n) is 4.01. The van der Waals surface area contributed by atoms with E-state index in [1.807, 2.05) is 0 Å². The molecule has 4 rings (SSSR count). The molecule has 3 aromatic rings. The molecule has 0 radical (unpaired) electrons. The van der Waals surface area contributed by atoms with Gasteiger partial charge in [0, 0.05) is 9.79 Å². The van der Waals surface area contributed by atoms with Gasteiger partial charge >= 0.3 is 0 Å². The molecule has 0 aliphatic carbocycles. The number of nitrogens with zero attached hydrogens (tertiary/aromatic N) is 2. The van der Waals surface area contributed by atoms with Crippen LogP contribution in [0.2, 0.25) is 0 Å². The minimum atomic E-state index is -1.71. The molecular weight excluding hydrogens is 364 g/mol. The molecule has 3 aromatic carbocycles. The summed E-state index contributed by atoms with van der Waals surface area (Å²) < 4.78 is 57.7. The topological polar surface area (TPSA) is 27.0 Å². The molecule has 7 heteroatoms. The predicted octanol–water partition coefficient (Wildman–Crippen LogP) is 6.05. The lowest BCUT2D eigenvalue weighted by Crippen LogP contribution is -2.19. The second-order valence-corrected chi connectivity index (χ2v) is 6.55. The van der Waals surface area contributed by atoms with E-state index in [0.29, 0.717) is 21.2 Å². The van der Waals surface area contributed by atoms with Crippen LogP contribution in [0, 0.1) is 34.6 Å². The van der Waals surface area contributed by atoms with Gasteiger partial charge in [-0.25, -0.2) is 17.6 Å². The van der Waals surface area contributed by atoms with Gasteiger partial charge in [0.2, 0.25) is 0 Å². The normalized spacial score (nSPS) is 12.3. The van der Waals surface area contributed by atoms with Crippen LogP contribution in [0.25, 0.3) is 0 Å². The van der Waals surface area contributed by atoms with E-state index in [4.69, 9.17) is 5.26 Å². The first-order valence-electron chi connectivity index (χ1n) is 7.46. The summed E-state index contributed by atoms with van der Waals surface area (Å²) in [6.07, 6.45) is 0. The maximum atomic E-state index is 14.7. The van der Waals surface area contributed by atoms with Gasteiger partial charge in [0.1, 0.15) is 17.3 Å². The van der Waals surface area contributed by atoms with Crippen molar-refractivity contribution >= 4 is 28.8 Å². The van der Waals surface area contributed by atoms with Gasteiger partial charge in [0.05, 0.1) is 11.4 Å². The molecule has 128 valence electrons. The first-order valence-corrected chi connectivity index (χ1v) is 8.28. The number of rotatable bonds is 1. The molecule has 0 amide bonds. The summed E-state index contributed by atoms with van der Waals surface area (Å²) >= 11 is 1.38. The fraction of sp³-hybridized carbons (Fsp3) is 0. The van der Waals surface area contributed by atoms with Crippen molar-refractivity contribution in [2.45, 2.75) is 9.79 Å². The van der Waals surface area contributed by atoms with Crippen molar-refractivity contribution in [1.29, 1.82) is 5.26 Å². The third-order valence-corrected chi connectivity index (χ3v) is 5.14. The Morgan fingerprint density at radius 3 is 1.65 bits per heavy atom. The predicted molar refractivity (Wildman–Crippen MR) is 89.8 cm³/mol. The van der Waals surface area contributed by atoms with Crippen LogP contribution in [-0.4, -0.2) is 0 Å². The zero-order chi connectivity index (χ0) is 18.4. The SMILES string of the molecule is N#Cc1c(F)c(F)c(N2c3ccccc3Sc3ccccc32)c(F)c1F. The molecule has 26 heavy (non-hydrogen) atoms.